The molecule has 0 saturated carbocycles. The fourth-order valence-corrected chi connectivity index (χ4v) is 3.15. The topological polar surface area (TPSA) is 15.3 Å². The van der Waals surface area contributed by atoms with Gasteiger partial charge in [-0.05, 0) is 30.4 Å². The summed E-state index contributed by atoms with van der Waals surface area (Å²) in [6.07, 6.45) is 3.63. The first kappa shape index (κ1) is 15.4. The van der Waals surface area contributed by atoms with Gasteiger partial charge in [-0.15, -0.1) is 0 Å². The summed E-state index contributed by atoms with van der Waals surface area (Å²) in [4.78, 5) is 2.62. The maximum Gasteiger partial charge on any atom is 0.0412 e. The number of nitrogens with zero attached hydrogens (tertiary/aromatic N) is 1. The number of hydrogen-bond acceptors (Lipinski definition) is 2. The highest BCUT2D eigenvalue weighted by Gasteiger charge is 2.32. The summed E-state index contributed by atoms with van der Waals surface area (Å²) in [7, 11) is 0. The van der Waals surface area contributed by atoms with Gasteiger partial charge in [0.1, 0.15) is 0 Å². The largest absolute Gasteiger partial charge is 0.369 e. The molecule has 2 heteroatoms. The van der Waals surface area contributed by atoms with E-state index in [2.05, 4.69) is 62.2 Å². The molecule has 1 heterocycles. The molecule has 0 spiro atoms. The fourth-order valence-electron chi connectivity index (χ4n) is 3.15. The molecule has 1 aromatic rings. The van der Waals surface area contributed by atoms with E-state index in [1.54, 1.807) is 0 Å². The van der Waals surface area contributed by atoms with Gasteiger partial charge in [0.05, 0.1) is 0 Å². The van der Waals surface area contributed by atoms with Crippen LogP contribution >= 0.6 is 0 Å². The standard InChI is InChI=1S/C18H30N2/c1-5-15(4)13-20-14-18(6-2,7-3)19-12-16-10-8-9-11-17(16)20/h8-11,15,19H,5-7,12-14H2,1-4H3. The van der Waals surface area contributed by atoms with E-state index < -0.39 is 0 Å². The molecule has 1 aromatic carbocycles. The van der Waals surface area contributed by atoms with E-state index in [1.165, 1.54) is 30.5 Å². The summed E-state index contributed by atoms with van der Waals surface area (Å²) >= 11 is 0. The van der Waals surface area contributed by atoms with Crippen LogP contribution in [0.3, 0.4) is 0 Å². The number of anilines is 1. The zero-order chi connectivity index (χ0) is 14.6. The minimum atomic E-state index is 0.256. The second-order valence-electron chi connectivity index (χ2n) is 6.36. The lowest BCUT2D eigenvalue weighted by atomic mass is 9.92. The molecule has 112 valence electrons. The van der Waals surface area contributed by atoms with Gasteiger partial charge in [0.15, 0.2) is 0 Å². The Balaban J connectivity index is 2.32. The van der Waals surface area contributed by atoms with Gasteiger partial charge in [0.25, 0.3) is 0 Å². The average molecular weight is 274 g/mol. The van der Waals surface area contributed by atoms with Gasteiger partial charge in [0.2, 0.25) is 0 Å². The molecule has 0 amide bonds. The average Bonchev–Trinajstić information content (AvgIpc) is 2.65. The molecule has 2 nitrogen and oxygen atoms in total. The molecule has 0 aliphatic carbocycles. The summed E-state index contributed by atoms with van der Waals surface area (Å²) in [5, 5.41) is 3.83. The van der Waals surface area contributed by atoms with E-state index >= 15 is 0 Å². The number of para-hydroxylation sites is 1. The van der Waals surface area contributed by atoms with Crippen molar-refractivity contribution < 1.29 is 0 Å². The molecule has 2 rings (SSSR count). The van der Waals surface area contributed by atoms with Crippen molar-refractivity contribution in [1.29, 1.82) is 0 Å². The normalized spacial score (nSPS) is 19.3. The SMILES string of the molecule is CCC(C)CN1CC(CC)(CC)NCc2ccccc21. The van der Waals surface area contributed by atoms with Crippen LogP contribution in [0.2, 0.25) is 0 Å². The summed E-state index contributed by atoms with van der Waals surface area (Å²) in [5.41, 5.74) is 3.13. The van der Waals surface area contributed by atoms with Crippen LogP contribution in [0.5, 0.6) is 0 Å². The maximum atomic E-state index is 3.83. The van der Waals surface area contributed by atoms with Gasteiger partial charge in [0, 0.05) is 30.9 Å². The van der Waals surface area contributed by atoms with Crippen molar-refractivity contribution in [1.82, 2.24) is 5.32 Å². The highest BCUT2D eigenvalue weighted by atomic mass is 15.2. The van der Waals surface area contributed by atoms with E-state index in [0.717, 1.165) is 25.6 Å². The molecule has 1 aliphatic heterocycles. The molecular formula is C18H30N2. The van der Waals surface area contributed by atoms with Crippen molar-refractivity contribution in [2.45, 2.75) is 59.0 Å². The van der Waals surface area contributed by atoms with Crippen LogP contribution in [-0.2, 0) is 6.54 Å². The lowest BCUT2D eigenvalue weighted by Gasteiger charge is -2.37. The lowest BCUT2D eigenvalue weighted by molar-refractivity contribution is 0.303. The van der Waals surface area contributed by atoms with E-state index in [1.807, 2.05) is 0 Å². The van der Waals surface area contributed by atoms with Crippen LogP contribution in [0.25, 0.3) is 0 Å². The fraction of sp³-hybridized carbons (Fsp3) is 0.667. The highest BCUT2D eigenvalue weighted by molar-refractivity contribution is 5.55. The monoisotopic (exact) mass is 274 g/mol. The Morgan fingerprint density at radius 2 is 1.90 bits per heavy atom. The predicted molar refractivity (Wildman–Crippen MR) is 88.3 cm³/mol. The van der Waals surface area contributed by atoms with Gasteiger partial charge >= 0.3 is 0 Å². The molecule has 0 fully saturated rings. The van der Waals surface area contributed by atoms with Gasteiger partial charge in [-0.1, -0.05) is 52.3 Å². The summed E-state index contributed by atoms with van der Waals surface area (Å²) < 4.78 is 0. The Hall–Kier alpha value is -1.02. The molecule has 1 N–H and O–H groups in total. The summed E-state index contributed by atoms with van der Waals surface area (Å²) in [5.74, 6) is 0.743. The number of benzene rings is 1. The molecule has 1 unspecified atom stereocenters. The van der Waals surface area contributed by atoms with Gasteiger partial charge in [-0.25, -0.2) is 0 Å². The first-order valence-corrected chi connectivity index (χ1v) is 8.22. The zero-order valence-corrected chi connectivity index (χ0v) is 13.6. The summed E-state index contributed by atoms with van der Waals surface area (Å²) in [6.45, 7) is 12.6. The van der Waals surface area contributed by atoms with Crippen LogP contribution in [-0.4, -0.2) is 18.6 Å². The number of fused-ring (bicyclic) bond motifs is 1. The molecule has 0 aromatic heterocycles. The molecular weight excluding hydrogens is 244 g/mol. The van der Waals surface area contributed by atoms with E-state index in [9.17, 15) is 0 Å². The highest BCUT2D eigenvalue weighted by Crippen LogP contribution is 2.30. The van der Waals surface area contributed by atoms with Gasteiger partial charge in [-0.3, -0.25) is 0 Å². The minimum absolute atomic E-state index is 0.256. The smallest absolute Gasteiger partial charge is 0.0412 e. The minimum Gasteiger partial charge on any atom is -0.369 e. The van der Waals surface area contributed by atoms with E-state index in [4.69, 9.17) is 0 Å². The van der Waals surface area contributed by atoms with Crippen molar-refractivity contribution in [3.8, 4) is 0 Å². The number of hydrogen-bond donors (Lipinski definition) is 1. The van der Waals surface area contributed by atoms with Crippen molar-refractivity contribution in [2.75, 3.05) is 18.0 Å². The molecule has 0 radical (unpaired) electrons. The van der Waals surface area contributed by atoms with Crippen molar-refractivity contribution in [3.63, 3.8) is 0 Å². The zero-order valence-electron chi connectivity index (χ0n) is 13.6. The Bertz CT molecular complexity index is 423. The molecule has 1 aliphatic rings. The Morgan fingerprint density at radius 3 is 2.55 bits per heavy atom. The predicted octanol–water partition coefficient (Wildman–Crippen LogP) is 4.20. The molecule has 20 heavy (non-hydrogen) atoms. The second-order valence-corrected chi connectivity index (χ2v) is 6.36. The summed E-state index contributed by atoms with van der Waals surface area (Å²) in [6, 6.07) is 8.90. The lowest BCUT2D eigenvalue weighted by Crippen LogP contribution is -2.51. The Labute approximate surface area is 124 Å². The Kier molecular flexibility index (Phi) is 5.09. The van der Waals surface area contributed by atoms with Crippen LogP contribution in [0.15, 0.2) is 24.3 Å². The first-order valence-electron chi connectivity index (χ1n) is 8.22. The van der Waals surface area contributed by atoms with E-state index in [0.29, 0.717) is 0 Å². The van der Waals surface area contributed by atoms with Crippen LogP contribution in [0.1, 0.15) is 52.5 Å². The van der Waals surface area contributed by atoms with Gasteiger partial charge < -0.3 is 10.2 Å². The molecule has 1 atom stereocenters. The van der Waals surface area contributed by atoms with Crippen LogP contribution < -0.4 is 10.2 Å². The van der Waals surface area contributed by atoms with E-state index in [-0.39, 0.29) is 5.54 Å². The third kappa shape index (κ3) is 3.17. The maximum absolute atomic E-state index is 3.83. The number of nitrogens with one attached hydrogen (secondary N) is 1. The molecule has 0 bridgehead atoms. The Morgan fingerprint density at radius 1 is 1.20 bits per heavy atom. The van der Waals surface area contributed by atoms with Crippen molar-refractivity contribution in [3.05, 3.63) is 29.8 Å². The third-order valence-electron chi connectivity index (χ3n) is 5.06. The van der Waals surface area contributed by atoms with Crippen molar-refractivity contribution in [2.24, 2.45) is 5.92 Å². The quantitative estimate of drug-likeness (QED) is 0.865. The van der Waals surface area contributed by atoms with Gasteiger partial charge in [-0.2, -0.15) is 0 Å². The second kappa shape index (κ2) is 6.62. The third-order valence-corrected chi connectivity index (χ3v) is 5.06. The van der Waals surface area contributed by atoms with Crippen LogP contribution in [0.4, 0.5) is 5.69 Å². The number of rotatable bonds is 5. The van der Waals surface area contributed by atoms with Crippen molar-refractivity contribution >= 4 is 5.69 Å². The molecule has 0 saturated heterocycles. The van der Waals surface area contributed by atoms with Crippen LogP contribution in [0, 0.1) is 5.92 Å². The first-order chi connectivity index (χ1) is 9.64.